The van der Waals surface area contributed by atoms with Crippen molar-refractivity contribution in [3.63, 3.8) is 0 Å². The van der Waals surface area contributed by atoms with Gasteiger partial charge in [-0.2, -0.15) is 0 Å². The molecule has 22 heavy (non-hydrogen) atoms. The van der Waals surface area contributed by atoms with E-state index in [0.717, 1.165) is 0 Å². The summed E-state index contributed by atoms with van der Waals surface area (Å²) in [4.78, 5) is 34.5. The monoisotopic (exact) mass is 301 g/mol. The Bertz CT molecular complexity index is 605. The lowest BCUT2D eigenvalue weighted by molar-refractivity contribution is -0.120. The van der Waals surface area contributed by atoms with Gasteiger partial charge in [0.2, 0.25) is 11.8 Å². The highest BCUT2D eigenvalue weighted by atomic mass is 16.2. The van der Waals surface area contributed by atoms with Crippen LogP contribution in [0.5, 0.6) is 0 Å². The van der Waals surface area contributed by atoms with Crippen LogP contribution in [-0.4, -0.2) is 23.8 Å². The van der Waals surface area contributed by atoms with E-state index < -0.39 is 17.9 Å². The molecule has 6 heteroatoms. The van der Waals surface area contributed by atoms with Crippen LogP contribution in [0.3, 0.4) is 0 Å². The minimum Gasteiger partial charge on any atom is -0.368 e. The molecule has 0 unspecified atom stereocenters. The molecule has 0 heterocycles. The number of terminal acetylenes is 1. The highest BCUT2D eigenvalue weighted by molar-refractivity contribution is 5.99. The van der Waals surface area contributed by atoms with Gasteiger partial charge < -0.3 is 16.4 Å². The van der Waals surface area contributed by atoms with Crippen LogP contribution in [0.1, 0.15) is 36.5 Å². The van der Waals surface area contributed by atoms with Crippen LogP contribution in [0.25, 0.3) is 0 Å². The number of carbonyl (C=O) groups excluding carboxylic acids is 3. The first-order valence-electron chi connectivity index (χ1n) is 6.85. The molecule has 1 rings (SSSR count). The third kappa shape index (κ3) is 5.67. The van der Waals surface area contributed by atoms with Gasteiger partial charge in [-0.05, 0) is 31.0 Å². The van der Waals surface area contributed by atoms with Crippen molar-refractivity contribution in [2.45, 2.75) is 32.2 Å². The summed E-state index contributed by atoms with van der Waals surface area (Å²) in [6.07, 6.45) is 6.64. The Morgan fingerprint density at radius 1 is 1.36 bits per heavy atom. The Morgan fingerprint density at radius 2 is 2.09 bits per heavy atom. The maximum Gasteiger partial charge on any atom is 0.252 e. The van der Waals surface area contributed by atoms with E-state index in [1.807, 2.05) is 0 Å². The summed E-state index contributed by atoms with van der Waals surface area (Å²) >= 11 is 0. The standard InChI is InChI=1S/C16H19N3O3/c1-3-4-5-9-14(15(17)21)19-16(22)12-7-6-8-13(10-12)18-11(2)20/h1,6-8,10,14H,4-5,9H2,2H3,(H2,17,21)(H,18,20)(H,19,22)/t14-/m1/s1. The first-order valence-corrected chi connectivity index (χ1v) is 6.85. The van der Waals surface area contributed by atoms with Crippen molar-refractivity contribution in [3.8, 4) is 12.3 Å². The van der Waals surface area contributed by atoms with Crippen molar-refractivity contribution in [2.24, 2.45) is 5.73 Å². The molecule has 3 amide bonds. The molecule has 0 aliphatic rings. The molecule has 0 aromatic heterocycles. The average molecular weight is 301 g/mol. The van der Waals surface area contributed by atoms with Gasteiger partial charge in [-0.3, -0.25) is 14.4 Å². The number of nitrogens with two attached hydrogens (primary N) is 1. The number of amides is 3. The van der Waals surface area contributed by atoms with Crippen LogP contribution in [0.4, 0.5) is 5.69 Å². The number of rotatable bonds is 7. The molecule has 1 aromatic rings. The van der Waals surface area contributed by atoms with Crippen LogP contribution < -0.4 is 16.4 Å². The van der Waals surface area contributed by atoms with Crippen molar-refractivity contribution in [2.75, 3.05) is 5.32 Å². The number of benzene rings is 1. The fraction of sp³-hybridized carbons (Fsp3) is 0.312. The Morgan fingerprint density at radius 3 is 2.68 bits per heavy atom. The van der Waals surface area contributed by atoms with Crippen molar-refractivity contribution in [1.29, 1.82) is 0 Å². The van der Waals surface area contributed by atoms with E-state index in [1.54, 1.807) is 18.2 Å². The van der Waals surface area contributed by atoms with Crippen molar-refractivity contribution >= 4 is 23.4 Å². The summed E-state index contributed by atoms with van der Waals surface area (Å²) in [6.45, 7) is 1.38. The second-order valence-electron chi connectivity index (χ2n) is 4.79. The molecular formula is C16H19N3O3. The summed E-state index contributed by atoms with van der Waals surface area (Å²) < 4.78 is 0. The first kappa shape index (κ1) is 17.2. The normalized spacial score (nSPS) is 11.1. The molecule has 1 aromatic carbocycles. The highest BCUT2D eigenvalue weighted by Crippen LogP contribution is 2.11. The number of anilines is 1. The van der Waals surface area contributed by atoms with Crippen LogP contribution in [0, 0.1) is 12.3 Å². The van der Waals surface area contributed by atoms with E-state index in [2.05, 4.69) is 16.6 Å². The van der Waals surface area contributed by atoms with Gasteiger partial charge in [0.25, 0.3) is 5.91 Å². The van der Waals surface area contributed by atoms with E-state index >= 15 is 0 Å². The number of hydrogen-bond acceptors (Lipinski definition) is 3. The molecule has 0 saturated carbocycles. The number of unbranched alkanes of at least 4 members (excludes halogenated alkanes) is 1. The maximum absolute atomic E-state index is 12.2. The third-order valence-corrected chi connectivity index (χ3v) is 2.91. The topological polar surface area (TPSA) is 101 Å². The molecule has 116 valence electrons. The Balaban J connectivity index is 2.75. The van der Waals surface area contributed by atoms with Gasteiger partial charge in [0.15, 0.2) is 0 Å². The van der Waals surface area contributed by atoms with Gasteiger partial charge in [0, 0.05) is 24.6 Å². The molecule has 1 atom stereocenters. The molecule has 6 nitrogen and oxygen atoms in total. The minimum atomic E-state index is -0.773. The maximum atomic E-state index is 12.2. The lowest BCUT2D eigenvalue weighted by Gasteiger charge is -2.15. The van der Waals surface area contributed by atoms with Crippen LogP contribution in [0.15, 0.2) is 24.3 Å². The molecule has 0 bridgehead atoms. The smallest absolute Gasteiger partial charge is 0.252 e. The number of primary amides is 1. The zero-order valence-electron chi connectivity index (χ0n) is 12.4. The minimum absolute atomic E-state index is 0.234. The van der Waals surface area contributed by atoms with Gasteiger partial charge in [0.05, 0.1) is 0 Å². The molecule has 0 aliphatic heterocycles. The van der Waals surface area contributed by atoms with Gasteiger partial charge in [-0.25, -0.2) is 0 Å². The number of nitrogens with one attached hydrogen (secondary N) is 2. The highest BCUT2D eigenvalue weighted by Gasteiger charge is 2.18. The van der Waals surface area contributed by atoms with Gasteiger partial charge in [0.1, 0.15) is 6.04 Å². The quantitative estimate of drug-likeness (QED) is 0.518. The third-order valence-electron chi connectivity index (χ3n) is 2.91. The van der Waals surface area contributed by atoms with E-state index in [1.165, 1.54) is 13.0 Å². The van der Waals surface area contributed by atoms with E-state index in [4.69, 9.17) is 12.2 Å². The van der Waals surface area contributed by atoms with E-state index in [9.17, 15) is 14.4 Å². The second-order valence-corrected chi connectivity index (χ2v) is 4.79. The predicted molar refractivity (Wildman–Crippen MR) is 83.9 cm³/mol. The molecule has 0 saturated heterocycles. The molecular weight excluding hydrogens is 282 g/mol. The van der Waals surface area contributed by atoms with E-state index in [-0.39, 0.29) is 5.91 Å². The van der Waals surface area contributed by atoms with Crippen LogP contribution in [0.2, 0.25) is 0 Å². The molecule has 4 N–H and O–H groups in total. The van der Waals surface area contributed by atoms with Crippen LogP contribution in [-0.2, 0) is 9.59 Å². The summed E-state index contributed by atoms with van der Waals surface area (Å²) in [7, 11) is 0. The number of carbonyl (C=O) groups is 3. The molecule has 0 fully saturated rings. The predicted octanol–water partition coefficient (Wildman–Crippen LogP) is 1.03. The fourth-order valence-corrected chi connectivity index (χ4v) is 1.88. The summed E-state index contributed by atoms with van der Waals surface area (Å²) in [5, 5.41) is 5.16. The van der Waals surface area contributed by atoms with Crippen molar-refractivity contribution in [3.05, 3.63) is 29.8 Å². The Hall–Kier alpha value is -2.81. The van der Waals surface area contributed by atoms with E-state index in [0.29, 0.717) is 30.5 Å². The zero-order chi connectivity index (χ0) is 16.5. The van der Waals surface area contributed by atoms with Gasteiger partial charge >= 0.3 is 0 Å². The largest absolute Gasteiger partial charge is 0.368 e. The lowest BCUT2D eigenvalue weighted by atomic mass is 10.1. The average Bonchev–Trinajstić information content (AvgIpc) is 2.45. The lowest BCUT2D eigenvalue weighted by Crippen LogP contribution is -2.44. The Labute approximate surface area is 129 Å². The summed E-state index contributed by atoms with van der Waals surface area (Å²) in [5.41, 5.74) is 6.11. The first-order chi connectivity index (χ1) is 10.4. The fourth-order valence-electron chi connectivity index (χ4n) is 1.88. The second kappa shape index (κ2) is 8.47. The zero-order valence-corrected chi connectivity index (χ0v) is 12.4. The van der Waals surface area contributed by atoms with Gasteiger partial charge in [-0.1, -0.05) is 6.07 Å². The van der Waals surface area contributed by atoms with Gasteiger partial charge in [-0.15, -0.1) is 12.3 Å². The molecule has 0 spiro atoms. The Kier molecular flexibility index (Phi) is 6.64. The molecule has 0 aliphatic carbocycles. The molecule has 0 radical (unpaired) electrons. The van der Waals surface area contributed by atoms with Crippen molar-refractivity contribution in [1.82, 2.24) is 5.32 Å². The van der Waals surface area contributed by atoms with Crippen molar-refractivity contribution < 1.29 is 14.4 Å². The summed E-state index contributed by atoms with van der Waals surface area (Å²) in [5.74, 6) is 1.19. The summed E-state index contributed by atoms with van der Waals surface area (Å²) in [6, 6.07) is 5.63. The van der Waals surface area contributed by atoms with Crippen LogP contribution >= 0.6 is 0 Å². The SMILES string of the molecule is C#CCCC[C@@H](NC(=O)c1cccc(NC(C)=O)c1)C(N)=O. The number of hydrogen-bond donors (Lipinski definition) is 3.